The molecule has 0 saturated heterocycles. The molecule has 0 aliphatic heterocycles. The van der Waals surface area contributed by atoms with E-state index in [1.807, 2.05) is 12.1 Å². The number of aromatic nitrogens is 1. The van der Waals surface area contributed by atoms with E-state index in [0.29, 0.717) is 24.3 Å². The number of rotatable bonds is 5. The Bertz CT molecular complexity index is 1180. The van der Waals surface area contributed by atoms with Crippen LogP contribution in [0.1, 0.15) is 40.9 Å². The summed E-state index contributed by atoms with van der Waals surface area (Å²) in [6, 6.07) is 12.4. The minimum absolute atomic E-state index is 0.174. The summed E-state index contributed by atoms with van der Waals surface area (Å²) in [4.78, 5) is 17.4. The fraction of sp³-hybridized carbons (Fsp3) is 0.318. The zero-order chi connectivity index (χ0) is 21.1. The van der Waals surface area contributed by atoms with E-state index in [1.54, 1.807) is 36.7 Å². The van der Waals surface area contributed by atoms with Gasteiger partial charge in [0.05, 0.1) is 31.7 Å². The van der Waals surface area contributed by atoms with Gasteiger partial charge in [-0.1, -0.05) is 25.0 Å². The summed E-state index contributed by atoms with van der Waals surface area (Å²) in [6.45, 7) is 0.301. The number of carbonyl (C=O) groups excluding carboxylic acids is 1. The molecule has 2 heterocycles. The number of pyridine rings is 1. The van der Waals surface area contributed by atoms with Crippen LogP contribution in [0.25, 0.3) is 10.1 Å². The second kappa shape index (κ2) is 8.54. The first-order valence-electron chi connectivity index (χ1n) is 9.83. The van der Waals surface area contributed by atoms with Crippen molar-refractivity contribution in [1.82, 2.24) is 10.3 Å². The molecule has 2 unspecified atom stereocenters. The predicted molar refractivity (Wildman–Crippen MR) is 116 cm³/mol. The van der Waals surface area contributed by atoms with Crippen molar-refractivity contribution in [2.24, 2.45) is 5.92 Å². The van der Waals surface area contributed by atoms with Gasteiger partial charge >= 0.3 is 0 Å². The number of nitrogens with zero attached hydrogens (tertiary/aromatic N) is 2. The van der Waals surface area contributed by atoms with E-state index < -0.39 is 21.0 Å². The lowest BCUT2D eigenvalue weighted by atomic mass is 9.90. The summed E-state index contributed by atoms with van der Waals surface area (Å²) in [7, 11) is -3.54. The fourth-order valence-electron chi connectivity index (χ4n) is 3.85. The normalized spacial score (nSPS) is 19.3. The van der Waals surface area contributed by atoms with Crippen molar-refractivity contribution in [3.63, 3.8) is 0 Å². The number of nitriles is 1. The summed E-state index contributed by atoms with van der Waals surface area (Å²) in [5.41, 5.74) is 0.811. The van der Waals surface area contributed by atoms with Crippen LogP contribution in [0.15, 0.2) is 53.7 Å². The lowest BCUT2D eigenvalue weighted by molar-refractivity contribution is 0.0955. The third-order valence-corrected chi connectivity index (χ3v) is 8.89. The summed E-state index contributed by atoms with van der Waals surface area (Å²) in [5.74, 6) is -0.619. The SMILES string of the molecule is N#CC1CCCCC1S(=O)(=O)c1ccc(CNC(=O)c2cc3ccncc3s2)cc1. The maximum absolute atomic E-state index is 13.0. The van der Waals surface area contributed by atoms with Gasteiger partial charge in [-0.3, -0.25) is 9.78 Å². The quantitative estimate of drug-likeness (QED) is 0.646. The average molecular weight is 440 g/mol. The zero-order valence-corrected chi connectivity index (χ0v) is 17.9. The second-order valence-electron chi connectivity index (χ2n) is 7.45. The van der Waals surface area contributed by atoms with Crippen molar-refractivity contribution in [1.29, 1.82) is 5.26 Å². The van der Waals surface area contributed by atoms with E-state index in [9.17, 15) is 18.5 Å². The van der Waals surface area contributed by atoms with Crippen LogP contribution in [-0.2, 0) is 16.4 Å². The Morgan fingerprint density at radius 1 is 1.20 bits per heavy atom. The average Bonchev–Trinajstić information content (AvgIpc) is 3.22. The maximum atomic E-state index is 13.0. The molecule has 1 saturated carbocycles. The molecular weight excluding hydrogens is 418 g/mol. The van der Waals surface area contributed by atoms with Crippen LogP contribution in [0.2, 0.25) is 0 Å². The Labute approximate surface area is 179 Å². The number of nitrogens with one attached hydrogen (secondary N) is 1. The number of hydrogen-bond acceptors (Lipinski definition) is 6. The molecule has 1 N–H and O–H groups in total. The molecule has 8 heteroatoms. The van der Waals surface area contributed by atoms with E-state index in [0.717, 1.165) is 28.5 Å². The number of fused-ring (bicyclic) bond motifs is 1. The molecule has 3 aromatic rings. The Morgan fingerprint density at radius 2 is 1.97 bits per heavy atom. The van der Waals surface area contributed by atoms with Gasteiger partial charge in [0.2, 0.25) is 0 Å². The smallest absolute Gasteiger partial charge is 0.261 e. The molecular formula is C22H21N3O3S2. The molecule has 0 spiro atoms. The highest BCUT2D eigenvalue weighted by molar-refractivity contribution is 7.92. The van der Waals surface area contributed by atoms with Gasteiger partial charge in [-0.25, -0.2) is 8.42 Å². The van der Waals surface area contributed by atoms with Crippen LogP contribution in [-0.4, -0.2) is 24.6 Å². The van der Waals surface area contributed by atoms with Gasteiger partial charge in [0, 0.05) is 18.9 Å². The molecule has 2 aromatic heterocycles. The Morgan fingerprint density at radius 3 is 2.70 bits per heavy atom. The van der Waals surface area contributed by atoms with Gasteiger partial charge in [-0.2, -0.15) is 5.26 Å². The van der Waals surface area contributed by atoms with Crippen molar-refractivity contribution >= 4 is 37.2 Å². The van der Waals surface area contributed by atoms with Crippen LogP contribution in [0.3, 0.4) is 0 Å². The molecule has 1 fully saturated rings. The molecule has 2 atom stereocenters. The minimum atomic E-state index is -3.54. The number of carbonyl (C=O) groups is 1. The van der Waals surface area contributed by atoms with Crippen LogP contribution in [0, 0.1) is 17.2 Å². The number of amides is 1. The molecule has 1 aromatic carbocycles. The monoisotopic (exact) mass is 439 g/mol. The number of benzene rings is 1. The Kier molecular flexibility index (Phi) is 5.84. The summed E-state index contributed by atoms with van der Waals surface area (Å²) in [6.07, 6.45) is 6.33. The molecule has 1 aliphatic carbocycles. The Hall–Kier alpha value is -2.76. The van der Waals surface area contributed by atoms with Gasteiger partial charge in [-0.15, -0.1) is 11.3 Å². The first-order valence-corrected chi connectivity index (χ1v) is 12.2. The molecule has 1 aliphatic rings. The molecule has 4 rings (SSSR count). The predicted octanol–water partition coefficient (Wildman–Crippen LogP) is 4.08. The zero-order valence-electron chi connectivity index (χ0n) is 16.2. The van der Waals surface area contributed by atoms with Crippen molar-refractivity contribution in [3.8, 4) is 6.07 Å². The summed E-state index contributed by atoms with van der Waals surface area (Å²) in [5, 5.41) is 12.5. The Balaban J connectivity index is 1.43. The highest BCUT2D eigenvalue weighted by Crippen LogP contribution is 2.33. The van der Waals surface area contributed by atoms with Gasteiger partial charge in [0.1, 0.15) is 0 Å². The minimum Gasteiger partial charge on any atom is -0.347 e. The molecule has 30 heavy (non-hydrogen) atoms. The lowest BCUT2D eigenvalue weighted by Gasteiger charge is -2.26. The van der Waals surface area contributed by atoms with E-state index >= 15 is 0 Å². The maximum Gasteiger partial charge on any atom is 0.261 e. The van der Waals surface area contributed by atoms with E-state index in [4.69, 9.17) is 0 Å². The topological polar surface area (TPSA) is 99.9 Å². The fourth-order valence-corrected chi connectivity index (χ4v) is 6.77. The van der Waals surface area contributed by atoms with Crippen LogP contribution < -0.4 is 5.32 Å². The van der Waals surface area contributed by atoms with E-state index in [-0.39, 0.29) is 10.8 Å². The first-order chi connectivity index (χ1) is 14.5. The first kappa shape index (κ1) is 20.5. The summed E-state index contributed by atoms with van der Waals surface area (Å²) < 4.78 is 26.9. The van der Waals surface area contributed by atoms with E-state index in [2.05, 4.69) is 16.4 Å². The standard InChI is InChI=1S/C22H21N3O3S2/c23-12-17-3-1-2-4-21(17)30(27,28)18-7-5-15(6-8-18)13-25-22(26)19-11-16-9-10-24-14-20(16)29-19/h5-11,14,17,21H,1-4,13H2,(H,25,26). The number of hydrogen-bond donors (Lipinski definition) is 1. The third-order valence-electron chi connectivity index (χ3n) is 5.52. The van der Waals surface area contributed by atoms with Crippen molar-refractivity contribution in [2.75, 3.05) is 0 Å². The largest absolute Gasteiger partial charge is 0.347 e. The molecule has 0 radical (unpaired) electrons. The van der Waals surface area contributed by atoms with Gasteiger partial charge in [0.15, 0.2) is 9.84 Å². The highest BCUT2D eigenvalue weighted by atomic mass is 32.2. The van der Waals surface area contributed by atoms with Gasteiger partial charge in [0.25, 0.3) is 5.91 Å². The van der Waals surface area contributed by atoms with Crippen LogP contribution >= 0.6 is 11.3 Å². The van der Waals surface area contributed by atoms with Gasteiger partial charge < -0.3 is 5.32 Å². The second-order valence-corrected chi connectivity index (χ2v) is 10.7. The summed E-state index contributed by atoms with van der Waals surface area (Å²) >= 11 is 1.38. The van der Waals surface area contributed by atoms with Crippen molar-refractivity contribution in [2.45, 2.75) is 42.4 Å². The number of thiophene rings is 1. The molecule has 1 amide bonds. The van der Waals surface area contributed by atoms with Crippen molar-refractivity contribution in [3.05, 3.63) is 59.2 Å². The molecule has 6 nitrogen and oxygen atoms in total. The molecule has 154 valence electrons. The lowest BCUT2D eigenvalue weighted by Crippen LogP contribution is -2.32. The van der Waals surface area contributed by atoms with Gasteiger partial charge in [-0.05, 0) is 48.1 Å². The third kappa shape index (κ3) is 4.09. The molecule has 0 bridgehead atoms. The highest BCUT2D eigenvalue weighted by Gasteiger charge is 2.36. The van der Waals surface area contributed by atoms with Crippen LogP contribution in [0.4, 0.5) is 0 Å². The van der Waals surface area contributed by atoms with E-state index in [1.165, 1.54) is 11.3 Å². The van der Waals surface area contributed by atoms with Crippen molar-refractivity contribution < 1.29 is 13.2 Å². The number of sulfone groups is 1. The van der Waals surface area contributed by atoms with Crippen LogP contribution in [0.5, 0.6) is 0 Å².